The lowest BCUT2D eigenvalue weighted by molar-refractivity contribution is -0.118. The molecule has 33 heavy (non-hydrogen) atoms. The molecule has 0 saturated carbocycles. The summed E-state index contributed by atoms with van der Waals surface area (Å²) in [5.41, 5.74) is 4.24. The molecule has 0 saturated heterocycles. The van der Waals surface area contributed by atoms with Crippen molar-refractivity contribution in [3.63, 3.8) is 0 Å². The van der Waals surface area contributed by atoms with Crippen LogP contribution in [0, 0.1) is 0 Å². The summed E-state index contributed by atoms with van der Waals surface area (Å²) < 4.78 is 12.0. The van der Waals surface area contributed by atoms with E-state index >= 15 is 0 Å². The summed E-state index contributed by atoms with van der Waals surface area (Å²) >= 11 is 4.78. The standard InChI is InChI=1S/C26H28BrNO4S/c1-5-17-7-9-18(10-8-17)21-15-33-25(24(21)26(30)31-6-2)28-23(29)14-32-22-12-11-19(27)13-20(22)16(3)4/h7-13,15-16H,5-6,14H2,1-4H3,(H,28,29). The van der Waals surface area contributed by atoms with Crippen LogP contribution in [0.2, 0.25) is 0 Å². The number of anilines is 1. The number of carbonyl (C=O) groups excluding carboxylic acids is 2. The first-order valence-corrected chi connectivity index (χ1v) is 12.6. The molecule has 1 N–H and O–H groups in total. The van der Waals surface area contributed by atoms with Crippen LogP contribution in [-0.4, -0.2) is 25.1 Å². The van der Waals surface area contributed by atoms with Crippen LogP contribution in [0.3, 0.4) is 0 Å². The van der Waals surface area contributed by atoms with Gasteiger partial charge in [-0.3, -0.25) is 4.79 Å². The Kier molecular flexibility index (Phi) is 8.69. The molecule has 2 aromatic carbocycles. The smallest absolute Gasteiger partial charge is 0.341 e. The SMILES string of the molecule is CCOC(=O)c1c(-c2ccc(CC)cc2)csc1NC(=O)COc1ccc(Br)cc1C(C)C. The van der Waals surface area contributed by atoms with Gasteiger partial charge in [0.05, 0.1) is 6.61 Å². The number of amides is 1. The van der Waals surface area contributed by atoms with E-state index in [2.05, 4.69) is 42.0 Å². The Balaban J connectivity index is 1.80. The maximum Gasteiger partial charge on any atom is 0.341 e. The molecule has 0 radical (unpaired) electrons. The lowest BCUT2D eigenvalue weighted by Gasteiger charge is -2.14. The van der Waals surface area contributed by atoms with Crippen molar-refractivity contribution in [2.45, 2.75) is 40.0 Å². The van der Waals surface area contributed by atoms with Crippen molar-refractivity contribution >= 4 is 44.1 Å². The molecule has 7 heteroatoms. The Morgan fingerprint density at radius 3 is 2.45 bits per heavy atom. The van der Waals surface area contributed by atoms with E-state index in [-0.39, 0.29) is 25.0 Å². The zero-order valence-corrected chi connectivity index (χ0v) is 21.6. The number of halogens is 1. The van der Waals surface area contributed by atoms with Crippen LogP contribution in [0.15, 0.2) is 52.3 Å². The zero-order valence-electron chi connectivity index (χ0n) is 19.2. The van der Waals surface area contributed by atoms with Crippen LogP contribution in [-0.2, 0) is 16.0 Å². The monoisotopic (exact) mass is 529 g/mol. The van der Waals surface area contributed by atoms with E-state index in [1.165, 1.54) is 16.9 Å². The molecule has 1 amide bonds. The lowest BCUT2D eigenvalue weighted by Crippen LogP contribution is -2.21. The van der Waals surface area contributed by atoms with E-state index in [4.69, 9.17) is 9.47 Å². The molecule has 0 fully saturated rings. The van der Waals surface area contributed by atoms with Crippen LogP contribution in [0.1, 0.15) is 55.1 Å². The number of thiophene rings is 1. The molecule has 1 aromatic heterocycles. The van der Waals surface area contributed by atoms with Gasteiger partial charge in [-0.25, -0.2) is 4.79 Å². The van der Waals surface area contributed by atoms with Crippen LogP contribution in [0.4, 0.5) is 5.00 Å². The molecule has 0 spiro atoms. The van der Waals surface area contributed by atoms with Crippen molar-refractivity contribution in [3.05, 3.63) is 69.0 Å². The van der Waals surface area contributed by atoms with E-state index in [1.54, 1.807) is 6.92 Å². The number of hydrogen-bond donors (Lipinski definition) is 1. The van der Waals surface area contributed by atoms with Crippen LogP contribution < -0.4 is 10.1 Å². The Morgan fingerprint density at radius 2 is 1.82 bits per heavy atom. The van der Waals surface area contributed by atoms with Crippen molar-refractivity contribution in [1.29, 1.82) is 0 Å². The highest BCUT2D eigenvalue weighted by Crippen LogP contribution is 2.36. The van der Waals surface area contributed by atoms with Crippen molar-refractivity contribution in [1.82, 2.24) is 0 Å². The molecule has 0 bridgehead atoms. The first kappa shape index (κ1) is 25.0. The Bertz CT molecular complexity index is 1120. The Labute approximate surface area is 207 Å². The number of hydrogen-bond acceptors (Lipinski definition) is 5. The van der Waals surface area contributed by atoms with Crippen molar-refractivity contribution in [2.75, 3.05) is 18.5 Å². The average Bonchev–Trinajstić information content (AvgIpc) is 3.21. The molecular weight excluding hydrogens is 502 g/mol. The number of ether oxygens (including phenoxy) is 2. The minimum Gasteiger partial charge on any atom is -0.483 e. The number of esters is 1. The molecule has 5 nitrogen and oxygen atoms in total. The second-order valence-corrected chi connectivity index (χ2v) is 9.59. The van der Waals surface area contributed by atoms with E-state index in [1.807, 2.05) is 47.8 Å². The molecule has 3 rings (SSSR count). The summed E-state index contributed by atoms with van der Waals surface area (Å²) in [6.45, 7) is 8.08. The second-order valence-electron chi connectivity index (χ2n) is 7.80. The number of nitrogens with one attached hydrogen (secondary N) is 1. The van der Waals surface area contributed by atoms with Gasteiger partial charge in [0.15, 0.2) is 6.61 Å². The molecule has 1 heterocycles. The highest BCUT2D eigenvalue weighted by molar-refractivity contribution is 9.10. The van der Waals surface area contributed by atoms with Crippen molar-refractivity contribution in [2.24, 2.45) is 0 Å². The van der Waals surface area contributed by atoms with E-state index in [0.717, 1.165) is 27.6 Å². The predicted octanol–water partition coefficient (Wildman–Crippen LogP) is 7.06. The number of benzene rings is 2. The molecule has 0 aliphatic rings. The van der Waals surface area contributed by atoms with Gasteiger partial charge in [-0.1, -0.05) is 61.0 Å². The quantitative estimate of drug-likeness (QED) is 0.301. The average molecular weight is 530 g/mol. The highest BCUT2D eigenvalue weighted by Gasteiger charge is 2.23. The zero-order chi connectivity index (χ0) is 24.0. The van der Waals surface area contributed by atoms with E-state index < -0.39 is 5.97 Å². The van der Waals surface area contributed by atoms with Gasteiger partial charge >= 0.3 is 5.97 Å². The number of aryl methyl sites for hydroxylation is 1. The molecular formula is C26H28BrNO4S. The third kappa shape index (κ3) is 6.24. The minimum absolute atomic E-state index is 0.165. The predicted molar refractivity (Wildman–Crippen MR) is 137 cm³/mol. The van der Waals surface area contributed by atoms with Crippen LogP contribution in [0.5, 0.6) is 5.75 Å². The first-order valence-electron chi connectivity index (χ1n) is 10.9. The van der Waals surface area contributed by atoms with Gasteiger partial charge in [0.1, 0.15) is 16.3 Å². The van der Waals surface area contributed by atoms with Crippen molar-refractivity contribution in [3.8, 4) is 16.9 Å². The summed E-state index contributed by atoms with van der Waals surface area (Å²) in [5, 5.41) is 5.16. The summed E-state index contributed by atoms with van der Waals surface area (Å²) in [5.74, 6) is 0.110. The molecule has 0 atom stereocenters. The summed E-state index contributed by atoms with van der Waals surface area (Å²) in [6.07, 6.45) is 0.937. The second kappa shape index (κ2) is 11.5. The topological polar surface area (TPSA) is 64.6 Å². The summed E-state index contributed by atoms with van der Waals surface area (Å²) in [7, 11) is 0. The van der Waals surface area contributed by atoms with Gasteiger partial charge in [-0.15, -0.1) is 11.3 Å². The largest absolute Gasteiger partial charge is 0.483 e. The fraction of sp³-hybridized carbons (Fsp3) is 0.308. The molecule has 3 aromatic rings. The van der Waals surface area contributed by atoms with Gasteiger partial charge in [-0.2, -0.15) is 0 Å². The maximum absolute atomic E-state index is 12.8. The van der Waals surface area contributed by atoms with Gasteiger partial charge in [0.25, 0.3) is 5.91 Å². The molecule has 0 aliphatic carbocycles. The van der Waals surface area contributed by atoms with Crippen LogP contribution >= 0.6 is 27.3 Å². The summed E-state index contributed by atoms with van der Waals surface area (Å²) in [4.78, 5) is 25.5. The summed E-state index contributed by atoms with van der Waals surface area (Å²) in [6, 6.07) is 13.8. The first-order chi connectivity index (χ1) is 15.8. The lowest BCUT2D eigenvalue weighted by atomic mass is 10.0. The molecule has 174 valence electrons. The maximum atomic E-state index is 12.8. The third-order valence-electron chi connectivity index (χ3n) is 5.15. The molecule has 0 aliphatic heterocycles. The van der Waals surface area contributed by atoms with Gasteiger partial charge in [-0.05, 0) is 54.2 Å². The van der Waals surface area contributed by atoms with Gasteiger partial charge in [0.2, 0.25) is 0 Å². The third-order valence-corrected chi connectivity index (χ3v) is 6.54. The van der Waals surface area contributed by atoms with E-state index in [0.29, 0.717) is 16.3 Å². The normalized spacial score (nSPS) is 10.8. The van der Waals surface area contributed by atoms with Gasteiger partial charge < -0.3 is 14.8 Å². The fourth-order valence-electron chi connectivity index (χ4n) is 3.40. The van der Waals surface area contributed by atoms with Crippen LogP contribution in [0.25, 0.3) is 11.1 Å². The Hall–Kier alpha value is -2.64. The van der Waals surface area contributed by atoms with Crippen molar-refractivity contribution < 1.29 is 19.1 Å². The fourth-order valence-corrected chi connectivity index (χ4v) is 4.75. The van der Waals surface area contributed by atoms with E-state index in [9.17, 15) is 9.59 Å². The highest BCUT2D eigenvalue weighted by atomic mass is 79.9. The minimum atomic E-state index is -0.459. The number of rotatable bonds is 9. The van der Waals surface area contributed by atoms with Gasteiger partial charge in [0, 0.05) is 15.4 Å². The molecule has 0 unspecified atom stereocenters. The number of carbonyl (C=O) groups is 2. The Morgan fingerprint density at radius 1 is 1.09 bits per heavy atom.